The van der Waals surface area contributed by atoms with E-state index in [0.29, 0.717) is 6.42 Å². The summed E-state index contributed by atoms with van der Waals surface area (Å²) in [7, 11) is 0. The number of rotatable bonds is 12. The molecular weight excluding hydrogens is 404 g/mol. The molecule has 3 amide bonds. The maximum Gasteiger partial charge on any atom is 0.328 e. The van der Waals surface area contributed by atoms with E-state index in [0.717, 1.165) is 0 Å². The number of nitrogens with two attached hydrogens (primary N) is 1. The van der Waals surface area contributed by atoms with E-state index in [2.05, 4.69) is 28.6 Å². The predicted molar refractivity (Wildman–Crippen MR) is 108 cm³/mol. The monoisotopic (exact) mass is 436 g/mol. The van der Waals surface area contributed by atoms with Gasteiger partial charge >= 0.3 is 5.97 Å². The SMILES string of the molecule is CCC(C)C(NC(=O)C(N)CS)C(=O)NC(C(=O)NC(C(=O)O)C(C)O)C(C)O. The van der Waals surface area contributed by atoms with Crippen LogP contribution in [-0.4, -0.2) is 81.1 Å². The molecule has 29 heavy (non-hydrogen) atoms. The van der Waals surface area contributed by atoms with Gasteiger partial charge in [-0.3, -0.25) is 14.4 Å². The highest BCUT2D eigenvalue weighted by molar-refractivity contribution is 7.80. The summed E-state index contributed by atoms with van der Waals surface area (Å²) in [4.78, 5) is 48.3. The van der Waals surface area contributed by atoms with E-state index >= 15 is 0 Å². The zero-order valence-electron chi connectivity index (χ0n) is 17.0. The minimum atomic E-state index is -1.63. The van der Waals surface area contributed by atoms with Gasteiger partial charge in [0.1, 0.15) is 12.1 Å². The number of hydrogen-bond acceptors (Lipinski definition) is 8. The standard InChI is InChI=1S/C17H32N4O7S/c1-5-7(2)11(19-14(24)10(18)6-29)15(25)20-12(8(3)22)16(26)21-13(9(4)23)17(27)28/h7-13,22-23,29H,5-6,18H2,1-4H3,(H,19,24)(H,20,25)(H,21,26)(H,27,28). The molecular formula is C17H32N4O7S. The van der Waals surface area contributed by atoms with Crippen LogP contribution in [0.3, 0.4) is 0 Å². The van der Waals surface area contributed by atoms with Crippen LogP contribution in [-0.2, 0) is 19.2 Å². The van der Waals surface area contributed by atoms with E-state index in [1.165, 1.54) is 13.8 Å². The van der Waals surface area contributed by atoms with E-state index < -0.39 is 60.1 Å². The minimum absolute atomic E-state index is 0.0648. The van der Waals surface area contributed by atoms with Gasteiger partial charge in [-0.2, -0.15) is 12.6 Å². The van der Waals surface area contributed by atoms with E-state index in [1.807, 2.05) is 0 Å². The van der Waals surface area contributed by atoms with Crippen molar-refractivity contribution in [3.63, 3.8) is 0 Å². The second-order valence-electron chi connectivity index (χ2n) is 6.95. The molecule has 0 heterocycles. The highest BCUT2D eigenvalue weighted by Gasteiger charge is 2.35. The van der Waals surface area contributed by atoms with Crippen LogP contribution < -0.4 is 21.7 Å². The lowest BCUT2D eigenvalue weighted by Crippen LogP contribution is -2.61. The average molecular weight is 437 g/mol. The molecule has 0 saturated heterocycles. The first-order valence-electron chi connectivity index (χ1n) is 9.23. The van der Waals surface area contributed by atoms with Crippen molar-refractivity contribution in [3.05, 3.63) is 0 Å². The summed E-state index contributed by atoms with van der Waals surface area (Å²) in [5, 5.41) is 35.4. The number of amides is 3. The molecule has 0 saturated carbocycles. The molecule has 0 aliphatic rings. The van der Waals surface area contributed by atoms with Crippen molar-refractivity contribution in [3.8, 4) is 0 Å². The summed E-state index contributed by atoms with van der Waals surface area (Å²) < 4.78 is 0. The molecule has 12 heteroatoms. The van der Waals surface area contributed by atoms with Gasteiger partial charge in [-0.1, -0.05) is 20.3 Å². The quantitative estimate of drug-likeness (QED) is 0.155. The smallest absolute Gasteiger partial charge is 0.328 e. The molecule has 8 N–H and O–H groups in total. The van der Waals surface area contributed by atoms with Gasteiger partial charge in [-0.25, -0.2) is 4.79 Å². The van der Waals surface area contributed by atoms with Crippen LogP contribution in [0, 0.1) is 5.92 Å². The molecule has 0 aromatic carbocycles. The molecule has 0 aliphatic heterocycles. The van der Waals surface area contributed by atoms with Crippen LogP contribution in [0.25, 0.3) is 0 Å². The number of carboxylic acid groups (broad SMARTS) is 1. The van der Waals surface area contributed by atoms with Gasteiger partial charge in [0.25, 0.3) is 0 Å². The number of aliphatic hydroxyl groups excluding tert-OH is 2. The Balaban J connectivity index is 5.44. The summed E-state index contributed by atoms with van der Waals surface area (Å²) in [5.41, 5.74) is 5.61. The Morgan fingerprint density at radius 2 is 1.28 bits per heavy atom. The fraction of sp³-hybridized carbons (Fsp3) is 0.765. The zero-order valence-corrected chi connectivity index (χ0v) is 17.8. The third-order valence-corrected chi connectivity index (χ3v) is 4.83. The lowest BCUT2D eigenvalue weighted by Gasteiger charge is -2.29. The normalized spacial score (nSPS) is 18.3. The molecule has 0 radical (unpaired) electrons. The van der Waals surface area contributed by atoms with Crippen LogP contribution in [0.15, 0.2) is 0 Å². The molecule has 0 aromatic heterocycles. The molecule has 11 nitrogen and oxygen atoms in total. The van der Waals surface area contributed by atoms with Crippen molar-refractivity contribution in [2.45, 2.75) is 70.5 Å². The first-order valence-corrected chi connectivity index (χ1v) is 9.86. The molecule has 7 unspecified atom stereocenters. The molecule has 168 valence electrons. The van der Waals surface area contributed by atoms with Crippen molar-refractivity contribution >= 4 is 36.3 Å². The molecule has 0 aromatic rings. The van der Waals surface area contributed by atoms with Gasteiger partial charge in [0, 0.05) is 5.75 Å². The topological polar surface area (TPSA) is 191 Å². The summed E-state index contributed by atoms with van der Waals surface area (Å²) >= 11 is 3.94. The zero-order chi connectivity index (χ0) is 22.9. The third-order valence-electron chi connectivity index (χ3n) is 4.44. The highest BCUT2D eigenvalue weighted by atomic mass is 32.1. The summed E-state index contributed by atoms with van der Waals surface area (Å²) in [5.74, 6) is -4.08. The Morgan fingerprint density at radius 1 is 0.862 bits per heavy atom. The van der Waals surface area contributed by atoms with Crippen LogP contribution in [0.1, 0.15) is 34.1 Å². The first-order chi connectivity index (χ1) is 13.4. The van der Waals surface area contributed by atoms with E-state index in [9.17, 15) is 29.4 Å². The van der Waals surface area contributed by atoms with Gasteiger partial charge < -0.3 is 37.0 Å². The Labute approximate surface area is 175 Å². The molecule has 0 aliphatic carbocycles. The number of carbonyl (C=O) groups excluding carboxylic acids is 3. The fourth-order valence-electron chi connectivity index (χ4n) is 2.33. The first kappa shape index (κ1) is 27.1. The van der Waals surface area contributed by atoms with Crippen molar-refractivity contribution in [1.29, 1.82) is 0 Å². The number of carboxylic acids is 1. The molecule has 0 fully saturated rings. The summed E-state index contributed by atoms with van der Waals surface area (Å²) in [6, 6.07) is -5.11. The second kappa shape index (κ2) is 12.6. The lowest BCUT2D eigenvalue weighted by molar-refractivity contribution is -0.146. The number of thiol groups is 1. The van der Waals surface area contributed by atoms with Crippen LogP contribution in [0.5, 0.6) is 0 Å². The largest absolute Gasteiger partial charge is 0.480 e. The van der Waals surface area contributed by atoms with Crippen molar-refractivity contribution in [2.75, 3.05) is 5.75 Å². The van der Waals surface area contributed by atoms with Crippen molar-refractivity contribution in [2.24, 2.45) is 11.7 Å². The van der Waals surface area contributed by atoms with E-state index in [-0.39, 0.29) is 11.7 Å². The average Bonchev–Trinajstić information content (AvgIpc) is 2.65. The summed E-state index contributed by atoms with van der Waals surface area (Å²) in [6.45, 7) is 5.92. The Hall–Kier alpha value is -1.89. The van der Waals surface area contributed by atoms with Gasteiger partial charge in [0.2, 0.25) is 17.7 Å². The number of aliphatic hydroxyl groups is 2. The Morgan fingerprint density at radius 3 is 1.66 bits per heavy atom. The Kier molecular flexibility index (Phi) is 11.8. The molecule has 0 bridgehead atoms. The predicted octanol–water partition coefficient (Wildman–Crippen LogP) is -2.41. The second-order valence-corrected chi connectivity index (χ2v) is 7.32. The molecule has 0 spiro atoms. The van der Waals surface area contributed by atoms with Crippen molar-refractivity contribution < 1.29 is 34.5 Å². The number of aliphatic carboxylic acids is 1. The maximum absolute atomic E-state index is 12.7. The molecule has 0 rings (SSSR count). The van der Waals surface area contributed by atoms with Gasteiger partial charge in [0.15, 0.2) is 6.04 Å². The third kappa shape index (κ3) is 8.56. The highest BCUT2D eigenvalue weighted by Crippen LogP contribution is 2.10. The maximum atomic E-state index is 12.7. The van der Waals surface area contributed by atoms with Crippen LogP contribution in [0.2, 0.25) is 0 Å². The lowest BCUT2D eigenvalue weighted by atomic mass is 9.97. The van der Waals surface area contributed by atoms with Gasteiger partial charge in [0.05, 0.1) is 18.2 Å². The minimum Gasteiger partial charge on any atom is -0.480 e. The Bertz CT molecular complexity index is 588. The number of carbonyl (C=O) groups is 4. The number of nitrogens with one attached hydrogen (secondary N) is 3. The van der Waals surface area contributed by atoms with E-state index in [1.54, 1.807) is 13.8 Å². The van der Waals surface area contributed by atoms with Crippen LogP contribution in [0.4, 0.5) is 0 Å². The fourth-order valence-corrected chi connectivity index (χ4v) is 2.49. The van der Waals surface area contributed by atoms with Gasteiger partial charge in [-0.15, -0.1) is 0 Å². The number of hydrogen-bond donors (Lipinski definition) is 8. The molecule has 7 atom stereocenters. The summed E-state index contributed by atoms with van der Waals surface area (Å²) in [6.07, 6.45) is -2.27. The van der Waals surface area contributed by atoms with Crippen molar-refractivity contribution in [1.82, 2.24) is 16.0 Å². The van der Waals surface area contributed by atoms with Crippen LogP contribution >= 0.6 is 12.6 Å². The van der Waals surface area contributed by atoms with E-state index in [4.69, 9.17) is 10.8 Å². The van der Waals surface area contributed by atoms with Gasteiger partial charge in [-0.05, 0) is 19.8 Å².